The molecule has 0 heterocycles. The molecular formula is C14H27N. The van der Waals surface area contributed by atoms with Crippen molar-refractivity contribution in [3.63, 3.8) is 0 Å². The lowest BCUT2D eigenvalue weighted by molar-refractivity contribution is 0.128. The van der Waals surface area contributed by atoms with Crippen molar-refractivity contribution < 1.29 is 0 Å². The molecule has 2 aliphatic carbocycles. The predicted octanol–water partition coefficient (Wildman–Crippen LogP) is 3.59. The fraction of sp³-hybridized carbons (Fsp3) is 1.00. The second-order valence-corrected chi connectivity index (χ2v) is 5.66. The summed E-state index contributed by atoms with van der Waals surface area (Å²) in [4.78, 5) is 0. The van der Waals surface area contributed by atoms with Gasteiger partial charge in [0, 0.05) is 0 Å². The Labute approximate surface area is 95.0 Å². The molecule has 2 atom stereocenters. The molecule has 0 aliphatic heterocycles. The lowest BCUT2D eigenvalue weighted by Crippen LogP contribution is -2.34. The molecule has 2 fully saturated rings. The molecule has 1 N–H and O–H groups in total. The summed E-state index contributed by atoms with van der Waals surface area (Å²) in [5.41, 5.74) is 0. The minimum absolute atomic E-state index is 0.992. The highest BCUT2D eigenvalue weighted by Gasteiger charge is 2.31. The Morgan fingerprint density at radius 2 is 1.53 bits per heavy atom. The average molecular weight is 209 g/mol. The first-order valence-corrected chi connectivity index (χ1v) is 7.06. The van der Waals surface area contributed by atoms with Crippen molar-refractivity contribution in [2.45, 2.75) is 57.8 Å². The van der Waals surface area contributed by atoms with E-state index >= 15 is 0 Å². The molecule has 0 aromatic rings. The van der Waals surface area contributed by atoms with Crippen molar-refractivity contribution >= 4 is 0 Å². The molecule has 2 unspecified atom stereocenters. The van der Waals surface area contributed by atoms with E-state index in [1.165, 1.54) is 64.3 Å². The summed E-state index contributed by atoms with van der Waals surface area (Å²) in [6.45, 7) is 1.27. The first-order valence-electron chi connectivity index (χ1n) is 7.06. The summed E-state index contributed by atoms with van der Waals surface area (Å²) in [6.07, 6.45) is 13.6. The molecule has 0 aromatic carbocycles. The monoisotopic (exact) mass is 209 g/mol. The van der Waals surface area contributed by atoms with Crippen LogP contribution in [0.1, 0.15) is 57.8 Å². The molecule has 0 spiro atoms. The molecular weight excluding hydrogens is 182 g/mol. The van der Waals surface area contributed by atoms with E-state index in [0.29, 0.717) is 0 Å². The van der Waals surface area contributed by atoms with Crippen LogP contribution in [-0.2, 0) is 0 Å². The summed E-state index contributed by atoms with van der Waals surface area (Å²) < 4.78 is 0. The first kappa shape index (κ1) is 11.4. The minimum Gasteiger partial charge on any atom is -0.319 e. The van der Waals surface area contributed by atoms with E-state index in [-0.39, 0.29) is 0 Å². The van der Waals surface area contributed by atoms with Gasteiger partial charge in [-0.15, -0.1) is 0 Å². The Morgan fingerprint density at radius 3 is 2.27 bits per heavy atom. The van der Waals surface area contributed by atoms with Crippen molar-refractivity contribution in [2.75, 3.05) is 13.6 Å². The summed E-state index contributed by atoms with van der Waals surface area (Å²) in [5, 5.41) is 3.41. The van der Waals surface area contributed by atoms with E-state index in [2.05, 4.69) is 12.4 Å². The second kappa shape index (κ2) is 5.89. The summed E-state index contributed by atoms with van der Waals surface area (Å²) in [5.74, 6) is 3.13. The van der Waals surface area contributed by atoms with Crippen LogP contribution in [0.5, 0.6) is 0 Å². The zero-order valence-corrected chi connectivity index (χ0v) is 10.3. The Hall–Kier alpha value is -0.0400. The van der Waals surface area contributed by atoms with Gasteiger partial charge in [-0.3, -0.25) is 0 Å². The van der Waals surface area contributed by atoms with Crippen molar-refractivity contribution in [2.24, 2.45) is 17.8 Å². The number of rotatable bonds is 3. The van der Waals surface area contributed by atoms with Gasteiger partial charge in [-0.1, -0.05) is 44.9 Å². The molecule has 0 aromatic heterocycles. The third-order valence-electron chi connectivity index (χ3n) is 4.69. The van der Waals surface area contributed by atoms with Gasteiger partial charge in [0.1, 0.15) is 0 Å². The van der Waals surface area contributed by atoms with E-state index in [9.17, 15) is 0 Å². The molecule has 15 heavy (non-hydrogen) atoms. The number of hydrogen-bond acceptors (Lipinski definition) is 1. The van der Waals surface area contributed by atoms with E-state index < -0.39 is 0 Å². The van der Waals surface area contributed by atoms with Crippen LogP contribution in [0.2, 0.25) is 0 Å². The molecule has 0 amide bonds. The summed E-state index contributed by atoms with van der Waals surface area (Å²) in [7, 11) is 2.12. The van der Waals surface area contributed by atoms with Gasteiger partial charge in [0.2, 0.25) is 0 Å². The van der Waals surface area contributed by atoms with Gasteiger partial charge < -0.3 is 5.32 Å². The van der Waals surface area contributed by atoms with Gasteiger partial charge in [-0.25, -0.2) is 0 Å². The lowest BCUT2D eigenvalue weighted by atomic mass is 9.68. The number of hydrogen-bond donors (Lipinski definition) is 1. The van der Waals surface area contributed by atoms with E-state index in [1.807, 2.05) is 0 Å². The Morgan fingerprint density at radius 1 is 0.867 bits per heavy atom. The quantitative estimate of drug-likeness (QED) is 0.749. The Kier molecular flexibility index (Phi) is 4.49. The molecule has 0 bridgehead atoms. The summed E-state index contributed by atoms with van der Waals surface area (Å²) >= 11 is 0. The molecule has 2 saturated carbocycles. The number of nitrogens with one attached hydrogen (secondary N) is 1. The molecule has 88 valence electrons. The van der Waals surface area contributed by atoms with E-state index in [1.54, 1.807) is 0 Å². The van der Waals surface area contributed by atoms with E-state index in [0.717, 1.165) is 17.8 Å². The third-order valence-corrected chi connectivity index (χ3v) is 4.69. The highest BCUT2D eigenvalue weighted by atomic mass is 14.8. The fourth-order valence-corrected chi connectivity index (χ4v) is 3.93. The lowest BCUT2D eigenvalue weighted by Gasteiger charge is -2.39. The maximum Gasteiger partial charge on any atom is -0.00208 e. The molecule has 0 saturated heterocycles. The van der Waals surface area contributed by atoms with Gasteiger partial charge in [0.15, 0.2) is 0 Å². The maximum atomic E-state index is 3.41. The van der Waals surface area contributed by atoms with Crippen LogP contribution >= 0.6 is 0 Å². The largest absolute Gasteiger partial charge is 0.319 e. The Balaban J connectivity index is 1.90. The first-order chi connectivity index (χ1) is 7.42. The van der Waals surface area contributed by atoms with Gasteiger partial charge >= 0.3 is 0 Å². The maximum absolute atomic E-state index is 3.41. The van der Waals surface area contributed by atoms with Crippen LogP contribution in [0, 0.1) is 17.8 Å². The third kappa shape index (κ3) is 2.96. The van der Waals surface area contributed by atoms with Crippen LogP contribution in [0.4, 0.5) is 0 Å². The zero-order chi connectivity index (χ0) is 10.5. The van der Waals surface area contributed by atoms with Crippen LogP contribution in [0.25, 0.3) is 0 Å². The molecule has 1 heteroatoms. The van der Waals surface area contributed by atoms with Crippen LogP contribution in [0.15, 0.2) is 0 Å². The molecule has 2 aliphatic rings. The molecule has 0 radical (unpaired) electrons. The average Bonchev–Trinajstić information content (AvgIpc) is 2.31. The predicted molar refractivity (Wildman–Crippen MR) is 65.9 cm³/mol. The van der Waals surface area contributed by atoms with Gasteiger partial charge in [-0.2, -0.15) is 0 Å². The second-order valence-electron chi connectivity index (χ2n) is 5.66. The smallest absolute Gasteiger partial charge is 0.00208 e. The highest BCUT2D eigenvalue weighted by Crippen LogP contribution is 2.41. The van der Waals surface area contributed by atoms with Gasteiger partial charge in [-0.05, 0) is 44.2 Å². The fourth-order valence-electron chi connectivity index (χ4n) is 3.93. The van der Waals surface area contributed by atoms with Crippen molar-refractivity contribution in [1.82, 2.24) is 5.32 Å². The normalized spacial score (nSPS) is 34.2. The van der Waals surface area contributed by atoms with Gasteiger partial charge in [0.05, 0.1) is 0 Å². The Bertz CT molecular complexity index is 159. The summed E-state index contributed by atoms with van der Waals surface area (Å²) in [6, 6.07) is 0. The highest BCUT2D eigenvalue weighted by molar-refractivity contribution is 4.83. The van der Waals surface area contributed by atoms with Crippen LogP contribution in [0.3, 0.4) is 0 Å². The van der Waals surface area contributed by atoms with Crippen LogP contribution in [-0.4, -0.2) is 13.6 Å². The van der Waals surface area contributed by atoms with Crippen LogP contribution < -0.4 is 5.32 Å². The van der Waals surface area contributed by atoms with Crippen molar-refractivity contribution in [3.8, 4) is 0 Å². The SMILES string of the molecule is CNCC1CCCCC1C1CCCCC1. The van der Waals surface area contributed by atoms with E-state index in [4.69, 9.17) is 0 Å². The van der Waals surface area contributed by atoms with Crippen molar-refractivity contribution in [1.29, 1.82) is 0 Å². The molecule has 2 rings (SSSR count). The zero-order valence-electron chi connectivity index (χ0n) is 10.3. The topological polar surface area (TPSA) is 12.0 Å². The standard InChI is InChI=1S/C14H27N/c1-15-11-13-9-5-6-10-14(13)12-7-3-2-4-8-12/h12-15H,2-11H2,1H3. The minimum atomic E-state index is 0.992. The molecule has 1 nitrogen and oxygen atoms in total. The van der Waals surface area contributed by atoms with Crippen molar-refractivity contribution in [3.05, 3.63) is 0 Å². The van der Waals surface area contributed by atoms with Gasteiger partial charge in [0.25, 0.3) is 0 Å².